The summed E-state index contributed by atoms with van der Waals surface area (Å²) in [4.78, 5) is 131. The second kappa shape index (κ2) is 42.0. The minimum atomic E-state index is -1.25. The van der Waals surface area contributed by atoms with E-state index in [1.807, 2.05) is 76.2 Å². The molecule has 2 aromatic heterocycles. The fraction of sp³-hybridized carbons (Fsp3) is 0.532. The van der Waals surface area contributed by atoms with Gasteiger partial charge in [0.15, 0.2) is 11.6 Å². The van der Waals surface area contributed by atoms with Crippen LogP contribution >= 0.6 is 0 Å². The van der Waals surface area contributed by atoms with E-state index in [-0.39, 0.29) is 204 Å². The van der Waals surface area contributed by atoms with Gasteiger partial charge in [0, 0.05) is 173 Å². The van der Waals surface area contributed by atoms with Crippen molar-refractivity contribution in [3.63, 3.8) is 0 Å². The van der Waals surface area contributed by atoms with Crippen molar-refractivity contribution in [3.8, 4) is 57.1 Å². The average molecular weight is 1590 g/mol. The van der Waals surface area contributed by atoms with Crippen LogP contribution in [-0.4, -0.2) is 333 Å². The molecule has 0 aliphatic carbocycles. The number of rotatable bonds is 37. The number of piperazine rings is 2. The number of Topliss-reactive ketones (excluding diaryl/α,β-unsaturated/α-hetero) is 1. The van der Waals surface area contributed by atoms with E-state index in [2.05, 4.69) is 40.8 Å². The molecule has 4 aromatic carbocycles. The maximum absolute atomic E-state index is 14.1. The van der Waals surface area contributed by atoms with Crippen LogP contribution in [0.5, 0.6) is 23.0 Å². The Labute approximate surface area is 661 Å². The Morgan fingerprint density at radius 1 is 0.447 bits per heavy atom. The number of carboxylic acids is 4. The number of ether oxygens (including phenoxy) is 2. The maximum atomic E-state index is 14.1. The van der Waals surface area contributed by atoms with E-state index in [0.29, 0.717) is 101 Å². The molecular formula is C79H108N16O19. The highest BCUT2D eigenvalue weighted by Crippen LogP contribution is 2.40. The predicted molar refractivity (Wildman–Crippen MR) is 417 cm³/mol. The summed E-state index contributed by atoms with van der Waals surface area (Å²) in [5.41, 5.74) is 4.77. The van der Waals surface area contributed by atoms with Crippen LogP contribution in [0.15, 0.2) is 72.8 Å². The van der Waals surface area contributed by atoms with Gasteiger partial charge in [-0.05, 0) is 90.8 Å². The second-order valence-corrected chi connectivity index (χ2v) is 29.6. The standard InChI is InChI=1S/C79H108N16O19/c1-7-80-77(109)75-84-82-73(61-40-59(51(3)4)64(97)42-66(61)99)94(75)56-13-9-53(10-14-56)44-86-27-33-92(34-28-86)68(101)19-37-113-49-55(39-58(96)17-18-63(79(111)112)91-31-25-89(47-71(105)106)23-21-88(46-70(103)104)22-24-90(26-32-91)48-72(107)108)50-114-38-20-69(102)93-35-29-87(30-36-93)45-54-11-15-57(16-12-54)95-74(83-85-76(95)78(110)81-8-2)62-41-60(52(5)6)65(98)43-67(62)100/h9-16,40-43,51-52,55,63,97-100H,7-8,17-39,44-50H2,1-6H3,(H,80,109)(H,81,110)(H,103,104)(H,105,106)(H,107,108)(H,111,112)/t63-/m1/s1. The Bertz CT molecular complexity index is 4050. The Hall–Kier alpha value is -10.5. The van der Waals surface area contributed by atoms with Gasteiger partial charge in [-0.1, -0.05) is 52.0 Å². The highest BCUT2D eigenvalue weighted by molar-refractivity contribution is 5.93. The zero-order valence-corrected chi connectivity index (χ0v) is 65.7. The number of hydrogen-bond donors (Lipinski definition) is 10. The first-order chi connectivity index (χ1) is 54.6. The summed E-state index contributed by atoms with van der Waals surface area (Å²) in [7, 11) is 0. The number of nitrogens with one attached hydrogen (secondary N) is 2. The topological polar surface area (TPSA) is 445 Å². The summed E-state index contributed by atoms with van der Waals surface area (Å²) >= 11 is 0. The molecule has 114 heavy (non-hydrogen) atoms. The fourth-order valence-corrected chi connectivity index (χ4v) is 14.4. The molecule has 0 radical (unpaired) electrons. The number of benzene rings is 4. The number of ketones is 1. The largest absolute Gasteiger partial charge is 0.508 e. The van der Waals surface area contributed by atoms with Crippen LogP contribution in [0.1, 0.15) is 129 Å². The Morgan fingerprint density at radius 3 is 1.15 bits per heavy atom. The number of carboxylic acid groups (broad SMARTS) is 4. The van der Waals surface area contributed by atoms with Gasteiger partial charge in [0.1, 0.15) is 34.8 Å². The highest BCUT2D eigenvalue weighted by atomic mass is 16.5. The summed E-state index contributed by atoms with van der Waals surface area (Å²) in [6.45, 7) is 16.6. The second-order valence-electron chi connectivity index (χ2n) is 29.6. The summed E-state index contributed by atoms with van der Waals surface area (Å²) in [6, 6.07) is 19.6. The lowest BCUT2D eigenvalue weighted by molar-refractivity contribution is -0.145. The molecule has 0 spiro atoms. The van der Waals surface area contributed by atoms with E-state index in [0.717, 1.165) is 11.1 Å². The van der Waals surface area contributed by atoms with E-state index < -0.39 is 60.7 Å². The average Bonchev–Trinajstić information content (AvgIpc) is 1.60. The fourth-order valence-electron chi connectivity index (χ4n) is 14.4. The molecule has 1 atom stereocenters. The normalized spacial score (nSPS) is 15.9. The van der Waals surface area contributed by atoms with Gasteiger partial charge >= 0.3 is 23.9 Å². The Kier molecular flexibility index (Phi) is 32.2. The van der Waals surface area contributed by atoms with Gasteiger partial charge in [-0.25, -0.2) is 0 Å². The number of carbonyl (C=O) groups is 9. The lowest BCUT2D eigenvalue weighted by atomic mass is 9.98. The first kappa shape index (κ1) is 87.4. The third kappa shape index (κ3) is 24.5. The number of phenolic OH excluding ortho intramolecular Hbond substituents is 4. The van der Waals surface area contributed by atoms with Crippen molar-refractivity contribution in [3.05, 3.63) is 107 Å². The lowest BCUT2D eigenvalue weighted by Crippen LogP contribution is -2.51. The van der Waals surface area contributed by atoms with Crippen LogP contribution in [0, 0.1) is 5.92 Å². The van der Waals surface area contributed by atoms with Gasteiger partial charge in [0.25, 0.3) is 11.8 Å². The molecule has 4 amide bonds. The van der Waals surface area contributed by atoms with Crippen LogP contribution in [0.2, 0.25) is 0 Å². The zero-order valence-electron chi connectivity index (χ0n) is 65.7. The molecule has 35 nitrogen and oxygen atoms in total. The van der Waals surface area contributed by atoms with Crippen LogP contribution in [0.25, 0.3) is 34.2 Å². The smallest absolute Gasteiger partial charge is 0.320 e. The van der Waals surface area contributed by atoms with Gasteiger partial charge < -0.3 is 70.8 Å². The number of aromatic nitrogens is 6. The molecule has 5 heterocycles. The van der Waals surface area contributed by atoms with E-state index in [9.17, 15) is 84.0 Å². The van der Waals surface area contributed by atoms with E-state index in [1.54, 1.807) is 64.5 Å². The first-order valence-corrected chi connectivity index (χ1v) is 38.8. The van der Waals surface area contributed by atoms with Crippen molar-refractivity contribution in [2.24, 2.45) is 5.92 Å². The van der Waals surface area contributed by atoms with E-state index in [1.165, 1.54) is 12.1 Å². The molecule has 6 aromatic rings. The number of aromatic hydroxyl groups is 4. The monoisotopic (exact) mass is 1580 g/mol. The van der Waals surface area contributed by atoms with Crippen LogP contribution in [0.4, 0.5) is 0 Å². The SMILES string of the molecule is CCNC(=O)c1nnc(-c2cc(C(C)C)c(O)cc2O)n1-c1ccc(CN2CCN(C(=O)CCOCC(COCCC(=O)N3CCN(Cc4ccc(-n5c(C(=O)NCC)nnc5-c5cc(C(C)C)c(O)cc5O)cc4)CC3)CC(=O)CC[C@H](C(=O)O)N3CCN(CC(=O)O)CCN(CC(=O)O)CCN(CC(=O)O)CC3)CC2)cc1. The summed E-state index contributed by atoms with van der Waals surface area (Å²) in [5.74, 6) is -7.09. The number of carbonyl (C=O) groups excluding carboxylic acids is 5. The number of nitrogens with zero attached hydrogens (tertiary/aromatic N) is 14. The summed E-state index contributed by atoms with van der Waals surface area (Å²) in [5, 5.41) is 106. The molecule has 3 saturated heterocycles. The number of amides is 4. The van der Waals surface area contributed by atoms with E-state index in [4.69, 9.17) is 9.47 Å². The summed E-state index contributed by atoms with van der Waals surface area (Å²) in [6.07, 6.45) is -0.398. The third-order valence-corrected chi connectivity index (χ3v) is 20.6. The van der Waals surface area contributed by atoms with Crippen LogP contribution < -0.4 is 10.6 Å². The lowest BCUT2D eigenvalue weighted by Gasteiger charge is -2.35. The molecule has 9 rings (SSSR count). The summed E-state index contributed by atoms with van der Waals surface area (Å²) < 4.78 is 15.4. The molecule has 618 valence electrons. The van der Waals surface area contributed by atoms with Crippen LogP contribution in [0.3, 0.4) is 0 Å². The molecule has 3 aliphatic rings. The first-order valence-electron chi connectivity index (χ1n) is 38.8. The molecular weight excluding hydrogens is 1480 g/mol. The molecule has 10 N–H and O–H groups in total. The van der Waals surface area contributed by atoms with Crippen molar-refractivity contribution in [1.82, 2.24) is 79.4 Å². The van der Waals surface area contributed by atoms with Gasteiger partial charge in [-0.15, -0.1) is 20.4 Å². The number of aliphatic carboxylic acids is 4. The van der Waals surface area contributed by atoms with Crippen LogP contribution in [-0.2, 0) is 56.1 Å². The van der Waals surface area contributed by atoms with Gasteiger partial charge in [-0.3, -0.25) is 81.7 Å². The van der Waals surface area contributed by atoms with Gasteiger partial charge in [0.2, 0.25) is 23.5 Å². The Morgan fingerprint density at radius 2 is 0.807 bits per heavy atom. The molecule has 3 fully saturated rings. The van der Waals surface area contributed by atoms with Gasteiger partial charge in [-0.2, -0.15) is 0 Å². The zero-order chi connectivity index (χ0) is 82.3. The quantitative estimate of drug-likeness (QED) is 0.0248. The number of phenols is 4. The molecule has 3 aliphatic heterocycles. The highest BCUT2D eigenvalue weighted by Gasteiger charge is 2.33. The van der Waals surface area contributed by atoms with Crippen molar-refractivity contribution < 1.29 is 93.5 Å². The predicted octanol–water partition coefficient (Wildman–Crippen LogP) is 3.84. The Balaban J connectivity index is 0.801. The minimum absolute atomic E-state index is 0.00799. The molecule has 35 heteroatoms. The van der Waals surface area contributed by atoms with Crippen molar-refractivity contribution in [2.45, 2.75) is 105 Å². The molecule has 0 saturated carbocycles. The van der Waals surface area contributed by atoms with E-state index >= 15 is 0 Å². The van der Waals surface area contributed by atoms with Gasteiger partial charge in [0.05, 0.1) is 70.0 Å². The number of hydrogen-bond acceptors (Lipinski definition) is 25. The van der Waals surface area contributed by atoms with Crippen molar-refractivity contribution >= 4 is 53.3 Å². The molecule has 0 bridgehead atoms. The minimum Gasteiger partial charge on any atom is -0.508 e. The maximum Gasteiger partial charge on any atom is 0.320 e. The van der Waals surface area contributed by atoms with Crippen molar-refractivity contribution in [2.75, 3.05) is 164 Å². The third-order valence-electron chi connectivity index (χ3n) is 20.6. The molecule has 0 unspecified atom stereocenters. The van der Waals surface area contributed by atoms with Crippen molar-refractivity contribution in [1.29, 1.82) is 0 Å².